The minimum atomic E-state index is -1.67. The second kappa shape index (κ2) is 5.56. The van der Waals surface area contributed by atoms with E-state index in [-0.39, 0.29) is 6.42 Å². The molecule has 0 saturated carbocycles. The molecule has 0 aromatic carbocycles. The van der Waals surface area contributed by atoms with E-state index < -0.39 is 23.9 Å². The van der Waals surface area contributed by atoms with Gasteiger partial charge in [0.1, 0.15) is 5.54 Å². The Morgan fingerprint density at radius 3 is 2.14 bits per heavy atom. The van der Waals surface area contributed by atoms with Crippen LogP contribution in [0.25, 0.3) is 0 Å². The third-order valence-electron chi connectivity index (χ3n) is 1.97. The average molecular weight is 204 g/mol. The molecule has 0 radical (unpaired) electrons. The van der Waals surface area contributed by atoms with Crippen molar-refractivity contribution in [1.82, 2.24) is 0 Å². The second-order valence-corrected chi connectivity index (χ2v) is 3.28. The highest BCUT2D eigenvalue weighted by atomic mass is 16.4. The smallest absolute Gasteiger partial charge is 0.324 e. The number of aliphatic carboxylic acids is 2. The first-order valence-electron chi connectivity index (χ1n) is 4.36. The van der Waals surface area contributed by atoms with Crippen molar-refractivity contribution in [1.29, 1.82) is 0 Å². The number of unbranched alkanes of at least 4 members (excludes halogenated alkanes) is 1. The third-order valence-corrected chi connectivity index (χ3v) is 1.97. The molecule has 0 spiro atoms. The molecule has 6 nitrogen and oxygen atoms in total. The zero-order chi connectivity index (χ0) is 11.2. The number of carbonyl (C=O) groups is 2. The molecule has 0 fully saturated rings. The first kappa shape index (κ1) is 12.9. The van der Waals surface area contributed by atoms with Crippen molar-refractivity contribution < 1.29 is 19.8 Å². The molecule has 0 aliphatic rings. The van der Waals surface area contributed by atoms with Gasteiger partial charge in [-0.1, -0.05) is 0 Å². The Hall–Kier alpha value is -1.14. The number of rotatable bonds is 7. The molecule has 0 bridgehead atoms. The van der Waals surface area contributed by atoms with Crippen LogP contribution in [0.4, 0.5) is 0 Å². The summed E-state index contributed by atoms with van der Waals surface area (Å²) in [7, 11) is 0. The molecule has 6 N–H and O–H groups in total. The fourth-order valence-electron chi connectivity index (χ4n) is 1.13. The van der Waals surface area contributed by atoms with Crippen LogP contribution in [0.1, 0.15) is 25.7 Å². The summed E-state index contributed by atoms with van der Waals surface area (Å²) in [6.07, 6.45) is 0.733. The molecule has 0 aromatic rings. The van der Waals surface area contributed by atoms with E-state index in [2.05, 4.69) is 0 Å². The fourth-order valence-corrected chi connectivity index (χ4v) is 1.13. The minimum absolute atomic E-state index is 0.131. The standard InChI is InChI=1S/C8H16N2O4/c9-4-2-1-3-8(10,7(13)14)5-6(11)12/h1-5,9-10H2,(H,11,12)(H,13,14). The van der Waals surface area contributed by atoms with Gasteiger partial charge >= 0.3 is 11.9 Å². The van der Waals surface area contributed by atoms with Gasteiger partial charge in [0, 0.05) is 0 Å². The highest BCUT2D eigenvalue weighted by Crippen LogP contribution is 2.16. The highest BCUT2D eigenvalue weighted by Gasteiger charge is 2.35. The Bertz CT molecular complexity index is 219. The number of hydrogen-bond donors (Lipinski definition) is 4. The maximum absolute atomic E-state index is 10.7. The zero-order valence-electron chi connectivity index (χ0n) is 7.90. The molecule has 82 valence electrons. The largest absolute Gasteiger partial charge is 0.481 e. The molecule has 0 heterocycles. The molecule has 0 saturated heterocycles. The van der Waals surface area contributed by atoms with Crippen molar-refractivity contribution in [2.75, 3.05) is 6.54 Å². The lowest BCUT2D eigenvalue weighted by molar-refractivity contribution is -0.150. The fraction of sp³-hybridized carbons (Fsp3) is 0.750. The Balaban J connectivity index is 4.24. The predicted molar refractivity (Wildman–Crippen MR) is 49.7 cm³/mol. The van der Waals surface area contributed by atoms with Crippen LogP contribution in [0.5, 0.6) is 0 Å². The minimum Gasteiger partial charge on any atom is -0.481 e. The topological polar surface area (TPSA) is 127 Å². The first-order valence-corrected chi connectivity index (χ1v) is 4.36. The number of carboxylic acids is 2. The van der Waals surface area contributed by atoms with Crippen LogP contribution in [0.3, 0.4) is 0 Å². The van der Waals surface area contributed by atoms with E-state index in [1.165, 1.54) is 0 Å². The van der Waals surface area contributed by atoms with Gasteiger partial charge in [-0.05, 0) is 25.8 Å². The lowest BCUT2D eigenvalue weighted by atomic mass is 9.90. The van der Waals surface area contributed by atoms with Crippen molar-refractivity contribution >= 4 is 11.9 Å². The summed E-state index contributed by atoms with van der Waals surface area (Å²) in [4.78, 5) is 21.1. The van der Waals surface area contributed by atoms with E-state index in [0.717, 1.165) is 0 Å². The van der Waals surface area contributed by atoms with Crippen LogP contribution in [0, 0.1) is 0 Å². The number of carboxylic acid groups (broad SMARTS) is 2. The van der Waals surface area contributed by atoms with Crippen LogP contribution >= 0.6 is 0 Å². The van der Waals surface area contributed by atoms with Gasteiger partial charge in [0.05, 0.1) is 6.42 Å². The van der Waals surface area contributed by atoms with Crippen LogP contribution < -0.4 is 11.5 Å². The summed E-state index contributed by atoms with van der Waals surface area (Å²) in [6, 6.07) is 0. The average Bonchev–Trinajstić information content (AvgIpc) is 2.03. The van der Waals surface area contributed by atoms with Gasteiger partial charge in [-0.15, -0.1) is 0 Å². The predicted octanol–water partition coefficient (Wildman–Crippen LogP) is -0.628. The maximum atomic E-state index is 10.7. The van der Waals surface area contributed by atoms with E-state index in [1.807, 2.05) is 0 Å². The van der Waals surface area contributed by atoms with E-state index >= 15 is 0 Å². The molecule has 6 heteroatoms. The van der Waals surface area contributed by atoms with E-state index in [1.54, 1.807) is 0 Å². The molecule has 1 atom stereocenters. The van der Waals surface area contributed by atoms with Crippen molar-refractivity contribution in [3.63, 3.8) is 0 Å². The molecule has 0 aliphatic carbocycles. The zero-order valence-corrected chi connectivity index (χ0v) is 7.90. The van der Waals surface area contributed by atoms with Crippen molar-refractivity contribution in [2.24, 2.45) is 11.5 Å². The maximum Gasteiger partial charge on any atom is 0.324 e. The van der Waals surface area contributed by atoms with Crippen molar-refractivity contribution in [3.8, 4) is 0 Å². The van der Waals surface area contributed by atoms with Gasteiger partial charge in [0.15, 0.2) is 0 Å². The van der Waals surface area contributed by atoms with Crippen LogP contribution in [0.2, 0.25) is 0 Å². The summed E-state index contributed by atoms with van der Waals surface area (Å²) in [5.41, 5.74) is 9.03. The summed E-state index contributed by atoms with van der Waals surface area (Å²) in [6.45, 7) is 0.447. The quantitative estimate of drug-likeness (QED) is 0.409. The van der Waals surface area contributed by atoms with Gasteiger partial charge in [-0.25, -0.2) is 0 Å². The van der Waals surface area contributed by atoms with Gasteiger partial charge in [0.2, 0.25) is 0 Å². The Morgan fingerprint density at radius 2 is 1.79 bits per heavy atom. The number of nitrogens with two attached hydrogens (primary N) is 2. The van der Waals surface area contributed by atoms with Crippen molar-refractivity contribution in [3.05, 3.63) is 0 Å². The number of hydrogen-bond acceptors (Lipinski definition) is 4. The summed E-state index contributed by atoms with van der Waals surface area (Å²) in [5.74, 6) is -2.49. The molecular weight excluding hydrogens is 188 g/mol. The molecule has 0 aromatic heterocycles. The highest BCUT2D eigenvalue weighted by molar-refractivity contribution is 5.84. The summed E-state index contributed by atoms with van der Waals surface area (Å²) in [5, 5.41) is 17.2. The van der Waals surface area contributed by atoms with Gasteiger partial charge in [0.25, 0.3) is 0 Å². The van der Waals surface area contributed by atoms with E-state index in [9.17, 15) is 9.59 Å². The lowest BCUT2D eigenvalue weighted by Crippen LogP contribution is -2.49. The molecule has 0 rings (SSSR count). The normalized spacial score (nSPS) is 14.7. The Kier molecular flexibility index (Phi) is 5.11. The van der Waals surface area contributed by atoms with Gasteiger partial charge in [-0.3, -0.25) is 9.59 Å². The molecule has 0 aliphatic heterocycles. The van der Waals surface area contributed by atoms with E-state index in [0.29, 0.717) is 19.4 Å². The lowest BCUT2D eigenvalue weighted by Gasteiger charge is -2.22. The molecular formula is C8H16N2O4. The molecule has 0 amide bonds. The molecule has 1 unspecified atom stereocenters. The van der Waals surface area contributed by atoms with Crippen LogP contribution in [-0.2, 0) is 9.59 Å². The van der Waals surface area contributed by atoms with Crippen LogP contribution in [-0.4, -0.2) is 34.2 Å². The second-order valence-electron chi connectivity index (χ2n) is 3.28. The van der Waals surface area contributed by atoms with Gasteiger partial charge < -0.3 is 21.7 Å². The Morgan fingerprint density at radius 1 is 1.21 bits per heavy atom. The SMILES string of the molecule is NCCCCC(N)(CC(=O)O)C(=O)O. The monoisotopic (exact) mass is 204 g/mol. The first-order chi connectivity index (χ1) is 6.42. The van der Waals surface area contributed by atoms with Crippen molar-refractivity contribution in [2.45, 2.75) is 31.2 Å². The summed E-state index contributed by atoms with van der Waals surface area (Å²) < 4.78 is 0. The Labute approximate surface area is 81.9 Å². The molecule has 14 heavy (non-hydrogen) atoms. The van der Waals surface area contributed by atoms with Gasteiger partial charge in [-0.2, -0.15) is 0 Å². The van der Waals surface area contributed by atoms with E-state index in [4.69, 9.17) is 21.7 Å². The van der Waals surface area contributed by atoms with Crippen LogP contribution in [0.15, 0.2) is 0 Å². The third kappa shape index (κ3) is 4.20. The summed E-state index contributed by atoms with van der Waals surface area (Å²) >= 11 is 0.